The Hall–Kier alpha value is -4.04. The van der Waals surface area contributed by atoms with Gasteiger partial charge in [0.1, 0.15) is 11.9 Å². The lowest BCUT2D eigenvalue weighted by Gasteiger charge is -2.25. The molecule has 8 heteroatoms. The Balaban J connectivity index is 1.23. The van der Waals surface area contributed by atoms with Gasteiger partial charge in [-0.3, -0.25) is 19.4 Å². The van der Waals surface area contributed by atoms with Gasteiger partial charge in [0.05, 0.1) is 11.4 Å². The normalized spacial score (nSPS) is 15.9. The maximum absolute atomic E-state index is 13.4. The van der Waals surface area contributed by atoms with Gasteiger partial charge in [0.2, 0.25) is 5.91 Å². The highest BCUT2D eigenvalue weighted by Crippen LogP contribution is 2.34. The third-order valence-electron chi connectivity index (χ3n) is 6.20. The van der Waals surface area contributed by atoms with Gasteiger partial charge < -0.3 is 5.32 Å². The molecular weight excluding hydrogens is 484 g/mol. The number of hydrogen-bond donors (Lipinski definition) is 1. The first-order valence-corrected chi connectivity index (χ1v) is 13.2. The molecule has 0 unspecified atom stereocenters. The van der Waals surface area contributed by atoms with Crippen LogP contribution in [0.4, 0.5) is 5.69 Å². The first-order valence-electron chi connectivity index (χ1n) is 12.2. The van der Waals surface area contributed by atoms with Crippen molar-refractivity contribution in [1.29, 1.82) is 0 Å². The topological polar surface area (TPSA) is 91.2 Å². The number of ketones is 1. The highest BCUT2D eigenvalue weighted by molar-refractivity contribution is 8.14. The molecule has 1 atom stereocenters. The van der Waals surface area contributed by atoms with Crippen LogP contribution >= 0.6 is 11.8 Å². The fraction of sp³-hybridized carbons (Fsp3) is 0.207. The summed E-state index contributed by atoms with van der Waals surface area (Å²) in [6.45, 7) is 0.540. The van der Waals surface area contributed by atoms with Gasteiger partial charge in [-0.1, -0.05) is 84.6 Å². The predicted octanol–water partition coefficient (Wildman–Crippen LogP) is 4.40. The molecule has 3 aromatic rings. The van der Waals surface area contributed by atoms with Crippen LogP contribution in [-0.2, 0) is 16.0 Å². The number of carbonyl (C=O) groups excluding carboxylic acids is 3. The van der Waals surface area contributed by atoms with E-state index in [0.29, 0.717) is 35.2 Å². The van der Waals surface area contributed by atoms with Crippen LogP contribution in [0.15, 0.2) is 94.9 Å². The number of aliphatic imine (C=N–C) groups is 2. The second kappa shape index (κ2) is 11.3. The Labute approximate surface area is 219 Å². The molecule has 186 valence electrons. The molecule has 0 aromatic heterocycles. The zero-order valence-corrected chi connectivity index (χ0v) is 21.0. The third-order valence-corrected chi connectivity index (χ3v) is 7.14. The molecule has 3 aromatic carbocycles. The number of fused-ring (bicyclic) bond motifs is 3. The number of rotatable bonds is 9. The molecule has 5 rings (SSSR count). The maximum Gasteiger partial charge on any atom is 0.259 e. The molecule has 2 aliphatic rings. The quantitative estimate of drug-likeness (QED) is 0.432. The summed E-state index contributed by atoms with van der Waals surface area (Å²) < 4.78 is 0. The summed E-state index contributed by atoms with van der Waals surface area (Å²) >= 11 is 1.22. The van der Waals surface area contributed by atoms with Crippen LogP contribution in [0.25, 0.3) is 0 Å². The summed E-state index contributed by atoms with van der Waals surface area (Å²) in [6, 6.07) is 25.9. The Kier molecular flexibility index (Phi) is 7.56. The van der Waals surface area contributed by atoms with Crippen molar-refractivity contribution in [2.75, 3.05) is 12.3 Å². The van der Waals surface area contributed by atoms with E-state index < -0.39 is 6.04 Å². The molecule has 2 aliphatic heterocycles. The van der Waals surface area contributed by atoms with Crippen molar-refractivity contribution in [2.45, 2.75) is 25.3 Å². The second-order valence-corrected chi connectivity index (χ2v) is 9.70. The van der Waals surface area contributed by atoms with Gasteiger partial charge in [-0.05, 0) is 30.5 Å². The van der Waals surface area contributed by atoms with Gasteiger partial charge in [0, 0.05) is 24.1 Å². The van der Waals surface area contributed by atoms with Crippen molar-refractivity contribution in [3.8, 4) is 0 Å². The Morgan fingerprint density at radius 2 is 1.62 bits per heavy atom. The number of para-hydroxylation sites is 1. The number of nitrogens with one attached hydrogen (secondary N) is 1. The lowest BCUT2D eigenvalue weighted by atomic mass is 10.1. The van der Waals surface area contributed by atoms with Crippen molar-refractivity contribution in [2.24, 2.45) is 9.98 Å². The van der Waals surface area contributed by atoms with Gasteiger partial charge in [-0.2, -0.15) is 0 Å². The van der Waals surface area contributed by atoms with Crippen molar-refractivity contribution in [3.63, 3.8) is 0 Å². The molecule has 0 aliphatic carbocycles. The van der Waals surface area contributed by atoms with Gasteiger partial charge in [-0.25, -0.2) is 9.89 Å². The zero-order chi connectivity index (χ0) is 25.6. The Morgan fingerprint density at radius 1 is 0.919 bits per heavy atom. The van der Waals surface area contributed by atoms with E-state index >= 15 is 0 Å². The molecule has 1 N–H and O–H groups in total. The van der Waals surface area contributed by atoms with Crippen molar-refractivity contribution in [3.05, 3.63) is 102 Å². The van der Waals surface area contributed by atoms with Crippen molar-refractivity contribution < 1.29 is 14.4 Å². The number of nitrogens with zero attached hydrogens (tertiary/aromatic N) is 3. The number of thioether (sulfide) groups is 1. The average Bonchev–Trinajstić information content (AvgIpc) is 3.28. The fourth-order valence-electron chi connectivity index (χ4n) is 4.27. The number of amides is 2. The summed E-state index contributed by atoms with van der Waals surface area (Å²) in [5.74, 6) is 0.308. The standard InChI is InChI=1S/C29H26N4O3S/c34-25(21-11-5-2-6-12-21)19-37-29-32-23-14-8-7-13-22(23)27-31-24(28(36)33(27)29)15-16-26(35)30-18-17-20-9-3-1-4-10-20/h1-14,24H,15-19H2,(H,30,35)/t24-/m1/s1. The van der Waals surface area contributed by atoms with E-state index in [4.69, 9.17) is 4.99 Å². The van der Waals surface area contributed by atoms with E-state index in [-0.39, 0.29) is 29.8 Å². The minimum Gasteiger partial charge on any atom is -0.356 e. The van der Waals surface area contributed by atoms with Gasteiger partial charge in [0.25, 0.3) is 5.91 Å². The first kappa shape index (κ1) is 24.6. The maximum atomic E-state index is 13.4. The molecule has 0 spiro atoms. The van der Waals surface area contributed by atoms with Crippen molar-refractivity contribution in [1.82, 2.24) is 10.2 Å². The molecule has 0 bridgehead atoms. The number of benzene rings is 3. The second-order valence-electron chi connectivity index (χ2n) is 8.76. The molecule has 0 fully saturated rings. The molecule has 0 radical (unpaired) electrons. The smallest absolute Gasteiger partial charge is 0.259 e. The minimum absolute atomic E-state index is 0.0407. The lowest BCUT2D eigenvalue weighted by Crippen LogP contribution is -2.41. The zero-order valence-electron chi connectivity index (χ0n) is 20.2. The Morgan fingerprint density at radius 3 is 2.41 bits per heavy atom. The van der Waals surface area contributed by atoms with Gasteiger partial charge in [0.15, 0.2) is 11.0 Å². The van der Waals surface area contributed by atoms with Crippen LogP contribution in [0.1, 0.15) is 34.3 Å². The lowest BCUT2D eigenvalue weighted by molar-refractivity contribution is -0.125. The molecule has 2 amide bonds. The summed E-state index contributed by atoms with van der Waals surface area (Å²) in [5.41, 5.74) is 3.25. The fourth-order valence-corrected chi connectivity index (χ4v) is 5.17. The summed E-state index contributed by atoms with van der Waals surface area (Å²) in [4.78, 5) is 49.4. The van der Waals surface area contributed by atoms with Crippen LogP contribution < -0.4 is 5.32 Å². The number of amidine groups is 2. The van der Waals surface area contributed by atoms with Gasteiger partial charge in [-0.15, -0.1) is 0 Å². The number of carbonyl (C=O) groups is 3. The first-order chi connectivity index (χ1) is 18.1. The summed E-state index contributed by atoms with van der Waals surface area (Å²) in [7, 11) is 0. The molecular formula is C29H26N4O3S. The van der Waals surface area contributed by atoms with Crippen LogP contribution in [0, 0.1) is 0 Å². The van der Waals surface area contributed by atoms with Crippen LogP contribution in [0.5, 0.6) is 0 Å². The monoisotopic (exact) mass is 510 g/mol. The third kappa shape index (κ3) is 5.70. The molecule has 2 heterocycles. The van der Waals surface area contributed by atoms with E-state index in [1.807, 2.05) is 72.8 Å². The van der Waals surface area contributed by atoms with E-state index in [1.165, 1.54) is 16.7 Å². The summed E-state index contributed by atoms with van der Waals surface area (Å²) in [5, 5.41) is 3.36. The SMILES string of the molecule is O=C(CC[C@H]1N=C2c3ccccc3N=C(SCC(=O)c3ccccc3)N2C1=O)NCCc1ccccc1. The van der Waals surface area contributed by atoms with E-state index in [2.05, 4.69) is 10.3 Å². The highest BCUT2D eigenvalue weighted by atomic mass is 32.2. The molecule has 0 saturated heterocycles. The predicted molar refractivity (Wildman–Crippen MR) is 146 cm³/mol. The highest BCUT2D eigenvalue weighted by Gasteiger charge is 2.41. The number of hydrogen-bond acceptors (Lipinski definition) is 6. The minimum atomic E-state index is -0.670. The van der Waals surface area contributed by atoms with Crippen molar-refractivity contribution >= 4 is 46.1 Å². The van der Waals surface area contributed by atoms with E-state index in [1.54, 1.807) is 12.1 Å². The van der Waals surface area contributed by atoms with Crippen LogP contribution in [-0.4, -0.2) is 51.8 Å². The molecule has 0 saturated carbocycles. The number of Topliss-reactive ketones (excluding diaryl/α,β-unsaturated/α-hetero) is 1. The molecule has 7 nitrogen and oxygen atoms in total. The van der Waals surface area contributed by atoms with Crippen LogP contribution in [0.3, 0.4) is 0 Å². The Bertz CT molecular complexity index is 1370. The summed E-state index contributed by atoms with van der Waals surface area (Å²) in [6.07, 6.45) is 1.25. The van der Waals surface area contributed by atoms with Gasteiger partial charge >= 0.3 is 0 Å². The molecule has 37 heavy (non-hydrogen) atoms. The van der Waals surface area contributed by atoms with E-state index in [9.17, 15) is 14.4 Å². The largest absolute Gasteiger partial charge is 0.356 e. The average molecular weight is 511 g/mol. The van der Waals surface area contributed by atoms with E-state index in [0.717, 1.165) is 17.5 Å². The van der Waals surface area contributed by atoms with Crippen LogP contribution in [0.2, 0.25) is 0 Å².